The van der Waals surface area contributed by atoms with Crippen LogP contribution in [0.5, 0.6) is 0 Å². The molecule has 7 heteroatoms. The highest BCUT2D eigenvalue weighted by atomic mass is 32.2. The Hall–Kier alpha value is -3.06. The van der Waals surface area contributed by atoms with E-state index in [0.29, 0.717) is 11.3 Å². The summed E-state index contributed by atoms with van der Waals surface area (Å²) in [5.41, 5.74) is 5.34. The van der Waals surface area contributed by atoms with Crippen LogP contribution in [0.15, 0.2) is 51.9 Å². The van der Waals surface area contributed by atoms with E-state index in [4.69, 9.17) is 4.52 Å². The maximum atomic E-state index is 13.0. The lowest BCUT2D eigenvalue weighted by atomic mass is 10.1. The van der Waals surface area contributed by atoms with Gasteiger partial charge in [0.05, 0.1) is 23.6 Å². The Balaban J connectivity index is 1.66. The minimum atomic E-state index is -0.229. The second-order valence-corrected chi connectivity index (χ2v) is 8.72. The fourth-order valence-corrected chi connectivity index (χ4v) is 4.37. The molecule has 1 heterocycles. The molecule has 0 bridgehead atoms. The van der Waals surface area contributed by atoms with Gasteiger partial charge in [-0.05, 0) is 51.0 Å². The number of thioether (sulfide) groups is 1. The summed E-state index contributed by atoms with van der Waals surface area (Å²) >= 11 is 1.50. The van der Waals surface area contributed by atoms with Crippen LogP contribution in [0.1, 0.15) is 38.5 Å². The van der Waals surface area contributed by atoms with Crippen LogP contribution < -0.4 is 5.32 Å². The predicted molar refractivity (Wildman–Crippen MR) is 123 cm³/mol. The van der Waals surface area contributed by atoms with Crippen LogP contribution in [0, 0.1) is 27.7 Å². The number of anilines is 1. The highest BCUT2D eigenvalue weighted by molar-refractivity contribution is 7.98. The van der Waals surface area contributed by atoms with Crippen LogP contribution in [-0.4, -0.2) is 35.5 Å². The second-order valence-electron chi connectivity index (χ2n) is 7.70. The van der Waals surface area contributed by atoms with Crippen molar-refractivity contribution in [3.63, 3.8) is 0 Å². The summed E-state index contributed by atoms with van der Waals surface area (Å²) in [4.78, 5) is 27.9. The topological polar surface area (TPSA) is 75.4 Å². The molecule has 31 heavy (non-hydrogen) atoms. The van der Waals surface area contributed by atoms with E-state index >= 15 is 0 Å². The van der Waals surface area contributed by atoms with Gasteiger partial charge in [-0.15, -0.1) is 11.8 Å². The van der Waals surface area contributed by atoms with Gasteiger partial charge in [0.15, 0.2) is 0 Å². The Kier molecular flexibility index (Phi) is 7.17. The lowest BCUT2D eigenvalue weighted by molar-refractivity contribution is -0.116. The molecule has 0 spiro atoms. The van der Waals surface area contributed by atoms with Crippen LogP contribution >= 0.6 is 11.8 Å². The molecule has 2 aromatic carbocycles. The van der Waals surface area contributed by atoms with Crippen molar-refractivity contribution in [2.75, 3.05) is 18.9 Å². The second kappa shape index (κ2) is 9.83. The van der Waals surface area contributed by atoms with Crippen molar-refractivity contribution in [2.24, 2.45) is 0 Å². The van der Waals surface area contributed by atoms with Gasteiger partial charge < -0.3 is 14.7 Å². The first kappa shape index (κ1) is 22.6. The first-order valence-electron chi connectivity index (χ1n) is 10.0. The van der Waals surface area contributed by atoms with Gasteiger partial charge in [-0.1, -0.05) is 35.0 Å². The van der Waals surface area contributed by atoms with Crippen molar-refractivity contribution in [3.8, 4) is 0 Å². The van der Waals surface area contributed by atoms with Gasteiger partial charge >= 0.3 is 0 Å². The lowest BCUT2D eigenvalue weighted by Crippen LogP contribution is -2.35. The highest BCUT2D eigenvalue weighted by Gasteiger charge is 2.19. The lowest BCUT2D eigenvalue weighted by Gasteiger charge is -2.19. The summed E-state index contributed by atoms with van der Waals surface area (Å²) in [6.07, 6.45) is 0. The molecule has 0 radical (unpaired) electrons. The van der Waals surface area contributed by atoms with Crippen LogP contribution in [0.25, 0.3) is 0 Å². The van der Waals surface area contributed by atoms with E-state index in [1.807, 2.05) is 64.1 Å². The Morgan fingerprint density at radius 3 is 2.39 bits per heavy atom. The van der Waals surface area contributed by atoms with Crippen LogP contribution in [0.4, 0.5) is 5.69 Å². The third-order valence-electron chi connectivity index (χ3n) is 4.83. The Morgan fingerprint density at radius 1 is 1.06 bits per heavy atom. The maximum absolute atomic E-state index is 13.0. The summed E-state index contributed by atoms with van der Waals surface area (Å²) in [7, 11) is 1.64. The number of amides is 2. The fraction of sp³-hybridized carbons (Fsp3) is 0.292. The van der Waals surface area contributed by atoms with Gasteiger partial charge in [0.2, 0.25) is 5.91 Å². The summed E-state index contributed by atoms with van der Waals surface area (Å²) in [5, 5.41) is 6.84. The number of nitrogens with zero attached hydrogens (tertiary/aromatic N) is 2. The molecule has 0 unspecified atom stereocenters. The zero-order valence-corrected chi connectivity index (χ0v) is 19.3. The SMILES string of the molecule is Cc1cc(C)c(NC(=O)CN(C)C(=O)c2ccccc2SCc2cc(C)no2)c(C)c1. The monoisotopic (exact) mass is 437 g/mol. The quantitative estimate of drug-likeness (QED) is 0.532. The fourth-order valence-electron chi connectivity index (χ4n) is 3.45. The third-order valence-corrected chi connectivity index (χ3v) is 5.93. The Bertz CT molecular complexity index is 1080. The van der Waals surface area contributed by atoms with Gasteiger partial charge in [-0.3, -0.25) is 9.59 Å². The van der Waals surface area contributed by atoms with E-state index in [0.717, 1.165) is 38.7 Å². The molecule has 1 aromatic heterocycles. The number of carbonyl (C=O) groups excluding carboxylic acids is 2. The zero-order valence-electron chi connectivity index (χ0n) is 18.5. The van der Waals surface area contributed by atoms with Gasteiger partial charge in [0.1, 0.15) is 5.76 Å². The first-order valence-corrected chi connectivity index (χ1v) is 11.0. The van der Waals surface area contributed by atoms with Gasteiger partial charge in [-0.25, -0.2) is 0 Å². The highest BCUT2D eigenvalue weighted by Crippen LogP contribution is 2.27. The van der Waals surface area contributed by atoms with Crippen LogP contribution in [0.3, 0.4) is 0 Å². The molecular formula is C24H27N3O3S. The van der Waals surface area contributed by atoms with Gasteiger partial charge in [0.25, 0.3) is 5.91 Å². The maximum Gasteiger partial charge on any atom is 0.255 e. The van der Waals surface area contributed by atoms with Crippen molar-refractivity contribution in [1.82, 2.24) is 10.1 Å². The van der Waals surface area contributed by atoms with Gasteiger partial charge in [-0.2, -0.15) is 0 Å². The Morgan fingerprint density at radius 2 is 1.74 bits per heavy atom. The average molecular weight is 438 g/mol. The van der Waals surface area contributed by atoms with Crippen LogP contribution in [0.2, 0.25) is 0 Å². The summed E-state index contributed by atoms with van der Waals surface area (Å²) in [5.74, 6) is 0.889. The van der Waals surface area contributed by atoms with Crippen molar-refractivity contribution in [1.29, 1.82) is 0 Å². The van der Waals surface area contributed by atoms with Crippen LogP contribution in [-0.2, 0) is 10.5 Å². The molecular weight excluding hydrogens is 410 g/mol. The summed E-state index contributed by atoms with van der Waals surface area (Å²) in [6.45, 7) is 7.79. The average Bonchev–Trinajstić information content (AvgIpc) is 3.14. The van der Waals surface area contributed by atoms with E-state index in [9.17, 15) is 9.59 Å². The number of hydrogen-bond acceptors (Lipinski definition) is 5. The minimum absolute atomic E-state index is 0.0358. The van der Waals surface area contributed by atoms with Crippen molar-refractivity contribution >= 4 is 29.3 Å². The first-order chi connectivity index (χ1) is 14.7. The molecule has 0 atom stereocenters. The van der Waals surface area contributed by atoms with Crippen molar-refractivity contribution < 1.29 is 14.1 Å². The molecule has 3 rings (SSSR count). The van der Waals surface area contributed by atoms with Crippen molar-refractivity contribution in [3.05, 3.63) is 76.2 Å². The number of aryl methyl sites for hydroxylation is 4. The molecule has 2 amide bonds. The number of likely N-dealkylation sites (N-methyl/N-ethyl adjacent to an activating group) is 1. The summed E-state index contributed by atoms with van der Waals surface area (Å²) in [6, 6.07) is 13.3. The molecule has 162 valence electrons. The smallest absolute Gasteiger partial charge is 0.255 e. The molecule has 0 saturated carbocycles. The number of aromatic nitrogens is 1. The molecule has 1 N–H and O–H groups in total. The molecule has 0 aliphatic heterocycles. The summed E-state index contributed by atoms with van der Waals surface area (Å²) < 4.78 is 5.25. The van der Waals surface area contributed by atoms with Crippen molar-refractivity contribution in [2.45, 2.75) is 38.3 Å². The predicted octanol–water partition coefficient (Wildman–Crippen LogP) is 4.91. The zero-order chi connectivity index (χ0) is 22.5. The van der Waals surface area contributed by atoms with E-state index in [1.54, 1.807) is 13.1 Å². The third kappa shape index (κ3) is 5.76. The number of hydrogen-bond donors (Lipinski definition) is 1. The molecule has 0 fully saturated rings. The van der Waals surface area contributed by atoms with E-state index in [-0.39, 0.29) is 18.4 Å². The largest absolute Gasteiger partial charge is 0.360 e. The standard InChI is InChI=1S/C24H27N3O3S/c1-15-10-16(2)23(17(3)11-15)25-22(28)13-27(5)24(29)20-8-6-7-9-21(20)31-14-19-12-18(4)26-30-19/h6-12H,13-14H2,1-5H3,(H,25,28). The number of nitrogens with one attached hydrogen (secondary N) is 1. The number of carbonyl (C=O) groups is 2. The molecule has 3 aromatic rings. The van der Waals surface area contributed by atoms with E-state index < -0.39 is 0 Å². The normalized spacial score (nSPS) is 10.7. The van der Waals surface area contributed by atoms with E-state index in [2.05, 4.69) is 10.5 Å². The molecule has 0 aliphatic rings. The molecule has 6 nitrogen and oxygen atoms in total. The molecule has 0 aliphatic carbocycles. The Labute approximate surface area is 187 Å². The number of rotatable bonds is 7. The number of benzene rings is 2. The van der Waals surface area contributed by atoms with Gasteiger partial charge in [0, 0.05) is 23.7 Å². The minimum Gasteiger partial charge on any atom is -0.360 e. The molecule has 0 saturated heterocycles. The van der Waals surface area contributed by atoms with E-state index in [1.165, 1.54) is 16.7 Å².